The van der Waals surface area contributed by atoms with Gasteiger partial charge in [0.2, 0.25) is 0 Å². The maximum Gasteiger partial charge on any atom is 0.185 e. The van der Waals surface area contributed by atoms with Gasteiger partial charge in [-0.2, -0.15) is 0 Å². The van der Waals surface area contributed by atoms with Gasteiger partial charge in [-0.05, 0) is 66.8 Å². The lowest BCUT2D eigenvalue weighted by molar-refractivity contribution is -0.112. The van der Waals surface area contributed by atoms with Gasteiger partial charge >= 0.3 is 0 Å². The third-order valence-electron chi connectivity index (χ3n) is 4.56. The summed E-state index contributed by atoms with van der Waals surface area (Å²) in [5, 5.41) is 19.1. The van der Waals surface area contributed by atoms with Crippen LogP contribution in [0.15, 0.2) is 47.5 Å². The van der Waals surface area contributed by atoms with Gasteiger partial charge in [0.25, 0.3) is 0 Å². The number of methoxy groups -OCH3 is 2. The number of hydrogen-bond acceptors (Lipinski definition) is 5. The summed E-state index contributed by atoms with van der Waals surface area (Å²) in [6.45, 7) is 0. The van der Waals surface area contributed by atoms with E-state index in [9.17, 15) is 15.0 Å². The van der Waals surface area contributed by atoms with Crippen LogP contribution in [0.2, 0.25) is 0 Å². The van der Waals surface area contributed by atoms with E-state index in [1.165, 1.54) is 12.1 Å². The Bertz CT molecular complexity index is 924. The Kier molecular flexibility index (Phi) is 5.50. The third kappa shape index (κ3) is 4.14. The lowest BCUT2D eigenvalue weighted by Crippen LogP contribution is -2.12. The van der Waals surface area contributed by atoms with E-state index in [1.54, 1.807) is 26.4 Å². The zero-order valence-corrected chi connectivity index (χ0v) is 15.4. The summed E-state index contributed by atoms with van der Waals surface area (Å²) in [4.78, 5) is 12.9. The molecule has 0 amide bonds. The van der Waals surface area contributed by atoms with Gasteiger partial charge < -0.3 is 19.7 Å². The minimum absolute atomic E-state index is 0.00333. The molecule has 1 aliphatic carbocycles. The summed E-state index contributed by atoms with van der Waals surface area (Å²) < 4.78 is 10.6. The van der Waals surface area contributed by atoms with Gasteiger partial charge in [-0.1, -0.05) is 12.1 Å². The molecule has 5 nitrogen and oxygen atoms in total. The minimum Gasteiger partial charge on any atom is -0.504 e. The number of ketones is 1. The number of allylic oxidation sites excluding steroid dienone is 2. The number of hydrogen-bond donors (Lipinski definition) is 2. The highest BCUT2D eigenvalue weighted by atomic mass is 16.5. The average Bonchev–Trinajstić information content (AvgIpc) is 2.67. The molecular weight excluding hydrogens is 344 g/mol. The molecule has 0 heterocycles. The van der Waals surface area contributed by atoms with Crippen LogP contribution in [0.4, 0.5) is 0 Å². The molecule has 2 N–H and O–H groups in total. The van der Waals surface area contributed by atoms with Crippen molar-refractivity contribution in [2.45, 2.75) is 19.3 Å². The molecule has 2 aromatic carbocycles. The number of carbonyl (C=O) groups excluding carboxylic acids is 1. The Morgan fingerprint density at radius 1 is 0.815 bits per heavy atom. The first kappa shape index (κ1) is 18.6. The second kappa shape index (κ2) is 7.99. The van der Waals surface area contributed by atoms with Crippen molar-refractivity contribution in [2.24, 2.45) is 0 Å². The van der Waals surface area contributed by atoms with E-state index in [1.807, 2.05) is 24.3 Å². The predicted octanol–water partition coefficient (Wildman–Crippen LogP) is 4.34. The van der Waals surface area contributed by atoms with Gasteiger partial charge in [-0.15, -0.1) is 0 Å². The van der Waals surface area contributed by atoms with Crippen molar-refractivity contribution in [3.63, 3.8) is 0 Å². The fourth-order valence-corrected chi connectivity index (χ4v) is 3.15. The van der Waals surface area contributed by atoms with Gasteiger partial charge in [0, 0.05) is 11.1 Å². The number of carbonyl (C=O) groups is 1. The van der Waals surface area contributed by atoms with E-state index >= 15 is 0 Å². The summed E-state index contributed by atoms with van der Waals surface area (Å²) in [5.41, 5.74) is 2.99. The molecule has 0 saturated heterocycles. The van der Waals surface area contributed by atoms with Crippen molar-refractivity contribution >= 4 is 17.9 Å². The van der Waals surface area contributed by atoms with Crippen molar-refractivity contribution < 1.29 is 24.5 Å². The highest BCUT2D eigenvalue weighted by Gasteiger charge is 2.20. The van der Waals surface area contributed by atoms with Gasteiger partial charge in [-0.25, -0.2) is 0 Å². The van der Waals surface area contributed by atoms with E-state index in [0.29, 0.717) is 35.5 Å². The van der Waals surface area contributed by atoms with Crippen molar-refractivity contribution in [1.29, 1.82) is 0 Å². The second-order valence-electron chi connectivity index (χ2n) is 6.38. The summed E-state index contributed by atoms with van der Waals surface area (Å²) >= 11 is 0. The SMILES string of the molecule is COc1ccc(/C=C2\CCC/C(=C\c3ccc(O)c(O)c3)C2=O)cc1OC. The van der Waals surface area contributed by atoms with Crippen LogP contribution in [0.3, 0.4) is 0 Å². The van der Waals surface area contributed by atoms with Gasteiger partial charge in [-0.3, -0.25) is 4.79 Å². The quantitative estimate of drug-likeness (QED) is 0.622. The van der Waals surface area contributed by atoms with Crippen LogP contribution in [-0.4, -0.2) is 30.2 Å². The van der Waals surface area contributed by atoms with Crippen LogP contribution < -0.4 is 9.47 Å². The standard InChI is InChI=1S/C22H22O5/c1-26-20-9-7-15(13-21(20)27-2)11-17-5-3-4-16(22(17)25)10-14-6-8-18(23)19(24)12-14/h6-13,23-24H,3-5H2,1-2H3/b16-10+,17-11+. The molecule has 0 spiro atoms. The molecule has 27 heavy (non-hydrogen) atoms. The second-order valence-corrected chi connectivity index (χ2v) is 6.38. The molecular formula is C22H22O5. The molecule has 0 aliphatic heterocycles. The Hall–Kier alpha value is -3.21. The van der Waals surface area contributed by atoms with Gasteiger partial charge in [0.1, 0.15) is 0 Å². The largest absolute Gasteiger partial charge is 0.504 e. The molecule has 0 atom stereocenters. The first-order chi connectivity index (χ1) is 13.0. The Balaban J connectivity index is 1.89. The molecule has 1 fully saturated rings. The molecule has 0 bridgehead atoms. The Labute approximate surface area is 158 Å². The number of rotatable bonds is 4. The topological polar surface area (TPSA) is 76.0 Å². The van der Waals surface area contributed by atoms with Crippen LogP contribution in [0.25, 0.3) is 12.2 Å². The summed E-state index contributed by atoms with van der Waals surface area (Å²) in [7, 11) is 3.16. The van der Waals surface area contributed by atoms with Crippen molar-refractivity contribution in [3.8, 4) is 23.0 Å². The van der Waals surface area contributed by atoms with E-state index < -0.39 is 0 Å². The number of phenols is 2. The van der Waals surface area contributed by atoms with Gasteiger partial charge in [0.15, 0.2) is 28.8 Å². The van der Waals surface area contributed by atoms with E-state index in [2.05, 4.69) is 0 Å². The maximum atomic E-state index is 12.9. The first-order valence-corrected chi connectivity index (χ1v) is 8.71. The van der Waals surface area contributed by atoms with E-state index in [-0.39, 0.29) is 17.3 Å². The van der Waals surface area contributed by atoms with Crippen LogP contribution >= 0.6 is 0 Å². The number of phenolic OH excluding ortho intramolecular Hbond substituents is 2. The van der Waals surface area contributed by atoms with E-state index in [4.69, 9.17) is 9.47 Å². The highest BCUT2D eigenvalue weighted by molar-refractivity contribution is 6.14. The fourth-order valence-electron chi connectivity index (χ4n) is 3.15. The zero-order chi connectivity index (χ0) is 19.4. The summed E-state index contributed by atoms with van der Waals surface area (Å²) in [5.74, 6) is 0.881. The van der Waals surface area contributed by atoms with Crippen molar-refractivity contribution in [3.05, 3.63) is 58.7 Å². The number of benzene rings is 2. The Morgan fingerprint density at radius 3 is 2.00 bits per heavy atom. The highest BCUT2D eigenvalue weighted by Crippen LogP contribution is 2.32. The molecule has 0 aromatic heterocycles. The molecule has 0 radical (unpaired) electrons. The maximum absolute atomic E-state index is 12.9. The molecule has 1 aliphatic rings. The molecule has 0 unspecified atom stereocenters. The van der Waals surface area contributed by atoms with Crippen LogP contribution in [-0.2, 0) is 4.79 Å². The van der Waals surface area contributed by atoms with E-state index in [0.717, 1.165) is 17.6 Å². The normalized spacial score (nSPS) is 17.3. The van der Waals surface area contributed by atoms with Crippen molar-refractivity contribution in [1.82, 2.24) is 0 Å². The number of aromatic hydroxyl groups is 2. The monoisotopic (exact) mass is 366 g/mol. The Morgan fingerprint density at radius 2 is 1.41 bits per heavy atom. The summed E-state index contributed by atoms with van der Waals surface area (Å²) in [6.07, 6.45) is 5.92. The smallest absolute Gasteiger partial charge is 0.185 e. The molecule has 1 saturated carbocycles. The lowest BCUT2D eigenvalue weighted by atomic mass is 9.87. The third-order valence-corrected chi connectivity index (χ3v) is 4.56. The molecule has 2 aromatic rings. The fraction of sp³-hybridized carbons (Fsp3) is 0.227. The predicted molar refractivity (Wildman–Crippen MR) is 104 cm³/mol. The van der Waals surface area contributed by atoms with Crippen molar-refractivity contribution in [2.75, 3.05) is 14.2 Å². The zero-order valence-electron chi connectivity index (χ0n) is 15.4. The average molecular weight is 366 g/mol. The van der Waals surface area contributed by atoms with Crippen LogP contribution in [0.5, 0.6) is 23.0 Å². The van der Waals surface area contributed by atoms with Gasteiger partial charge in [0.05, 0.1) is 14.2 Å². The molecule has 3 rings (SSSR count). The first-order valence-electron chi connectivity index (χ1n) is 8.71. The molecule has 5 heteroatoms. The minimum atomic E-state index is -0.200. The molecule has 140 valence electrons. The summed E-state index contributed by atoms with van der Waals surface area (Å²) in [6, 6.07) is 10.1. The lowest BCUT2D eigenvalue weighted by Gasteiger charge is -2.17. The number of Topliss-reactive ketones (excluding diaryl/α,β-unsaturated/α-hetero) is 1. The van der Waals surface area contributed by atoms with Crippen LogP contribution in [0.1, 0.15) is 30.4 Å². The number of ether oxygens (including phenoxy) is 2. The van der Waals surface area contributed by atoms with Crippen LogP contribution in [0, 0.1) is 0 Å².